The van der Waals surface area contributed by atoms with E-state index in [2.05, 4.69) is 5.10 Å². The van der Waals surface area contributed by atoms with E-state index in [0.717, 1.165) is 15.9 Å². The Labute approximate surface area is 88.5 Å². The molecule has 0 N–H and O–H groups in total. The van der Waals surface area contributed by atoms with Gasteiger partial charge in [0, 0.05) is 14.1 Å². The highest BCUT2D eigenvalue weighted by molar-refractivity contribution is 8.02. The summed E-state index contributed by atoms with van der Waals surface area (Å²) in [6.45, 7) is 1.97. The lowest BCUT2D eigenvalue weighted by Crippen LogP contribution is -2.33. The first-order chi connectivity index (χ1) is 6.06. The molecule has 0 bridgehead atoms. The normalized spacial score (nSPS) is 18.3. The Balaban J connectivity index is 3.03. The topological polar surface area (TPSA) is 18.8 Å². The van der Waals surface area contributed by atoms with Gasteiger partial charge >= 0.3 is 0 Å². The Bertz CT molecular complexity index is 283. The summed E-state index contributed by atoms with van der Waals surface area (Å²) in [6, 6.07) is 0. The zero-order valence-electron chi connectivity index (χ0n) is 8.24. The summed E-state index contributed by atoms with van der Waals surface area (Å²) >= 11 is 6.89. The van der Waals surface area contributed by atoms with Crippen molar-refractivity contribution in [1.82, 2.24) is 9.91 Å². The lowest BCUT2D eigenvalue weighted by Gasteiger charge is -2.23. The largest absolute Gasteiger partial charge is 0.315 e. The highest BCUT2D eigenvalue weighted by atomic mass is 32.2. The molecular weight excluding hydrogens is 202 g/mol. The molecule has 1 rings (SSSR count). The molecule has 0 aromatic carbocycles. The van der Waals surface area contributed by atoms with Crippen molar-refractivity contribution in [2.75, 3.05) is 20.4 Å². The third kappa shape index (κ3) is 2.22. The third-order valence-electron chi connectivity index (χ3n) is 1.74. The smallest absolute Gasteiger partial charge is 0.196 e. The molecule has 13 heavy (non-hydrogen) atoms. The highest BCUT2D eigenvalue weighted by Gasteiger charge is 2.16. The van der Waals surface area contributed by atoms with Crippen LogP contribution in [0.15, 0.2) is 16.2 Å². The van der Waals surface area contributed by atoms with Gasteiger partial charge < -0.3 is 4.90 Å². The molecule has 0 fully saturated rings. The number of rotatable bonds is 1. The van der Waals surface area contributed by atoms with Gasteiger partial charge in [0.15, 0.2) is 5.11 Å². The number of allylic oxidation sites excluding steroid dienone is 1. The maximum absolute atomic E-state index is 5.22. The van der Waals surface area contributed by atoms with E-state index in [0.29, 0.717) is 0 Å². The molecule has 1 aliphatic heterocycles. The van der Waals surface area contributed by atoms with Gasteiger partial charge in [-0.05, 0) is 31.5 Å². The molecule has 0 aliphatic carbocycles. The number of hydrogen-bond donors (Lipinski definition) is 0. The second-order valence-corrected chi connectivity index (χ2v) is 3.98. The minimum absolute atomic E-state index is 0.720. The van der Waals surface area contributed by atoms with Gasteiger partial charge in [-0.1, -0.05) is 0 Å². The fourth-order valence-electron chi connectivity index (χ4n) is 1.09. The zero-order chi connectivity index (χ0) is 10.0. The quantitative estimate of drug-likeness (QED) is 0.620. The first kappa shape index (κ1) is 10.5. The minimum Gasteiger partial charge on any atom is -0.315 e. The van der Waals surface area contributed by atoms with Crippen molar-refractivity contribution in [2.24, 2.45) is 5.10 Å². The number of thioether (sulfide) groups is 1. The lowest BCUT2D eigenvalue weighted by atomic mass is 10.4. The summed E-state index contributed by atoms with van der Waals surface area (Å²) in [7, 11) is 3.81. The van der Waals surface area contributed by atoms with Crippen LogP contribution < -0.4 is 0 Å². The Kier molecular flexibility index (Phi) is 3.33. The minimum atomic E-state index is 0.720. The standard InChI is InChI=1S/C8H13N3S2/c1-6-5-7(13-4)10(2)8(12)11(3)9-6/h5H,1-4H3. The SMILES string of the molecule is CSC1=CC(C)=NN(C)C(=S)N1C. The van der Waals surface area contributed by atoms with Gasteiger partial charge in [0.1, 0.15) is 0 Å². The first-order valence-electron chi connectivity index (χ1n) is 3.88. The van der Waals surface area contributed by atoms with Crippen LogP contribution in [0.2, 0.25) is 0 Å². The van der Waals surface area contributed by atoms with Crippen molar-refractivity contribution >= 4 is 34.8 Å². The molecule has 1 heterocycles. The van der Waals surface area contributed by atoms with Gasteiger partial charge in [0.2, 0.25) is 0 Å². The molecule has 0 saturated heterocycles. The van der Waals surface area contributed by atoms with E-state index in [1.54, 1.807) is 16.8 Å². The first-order valence-corrected chi connectivity index (χ1v) is 5.52. The molecule has 72 valence electrons. The number of nitrogens with zero attached hydrogens (tertiary/aromatic N) is 3. The second kappa shape index (κ2) is 4.11. The maximum Gasteiger partial charge on any atom is 0.196 e. The van der Waals surface area contributed by atoms with Crippen molar-refractivity contribution in [3.63, 3.8) is 0 Å². The van der Waals surface area contributed by atoms with Crippen LogP contribution in [-0.4, -0.2) is 41.1 Å². The summed E-state index contributed by atoms with van der Waals surface area (Å²) in [5.41, 5.74) is 0.971. The molecule has 0 atom stereocenters. The monoisotopic (exact) mass is 215 g/mol. The number of thiocarbonyl (C=S) groups is 1. The van der Waals surface area contributed by atoms with Crippen molar-refractivity contribution in [1.29, 1.82) is 0 Å². The van der Waals surface area contributed by atoms with Crippen molar-refractivity contribution in [2.45, 2.75) is 6.92 Å². The second-order valence-electron chi connectivity index (χ2n) is 2.79. The predicted octanol–water partition coefficient (Wildman–Crippen LogP) is 1.73. The van der Waals surface area contributed by atoms with Gasteiger partial charge in [-0.25, -0.2) is 5.01 Å². The Morgan fingerprint density at radius 1 is 1.46 bits per heavy atom. The van der Waals surface area contributed by atoms with Crippen molar-refractivity contribution < 1.29 is 0 Å². The van der Waals surface area contributed by atoms with Crippen LogP contribution in [-0.2, 0) is 0 Å². The van der Waals surface area contributed by atoms with E-state index in [1.807, 2.05) is 38.3 Å². The third-order valence-corrected chi connectivity index (χ3v) is 3.09. The molecule has 0 unspecified atom stereocenters. The fourth-order valence-corrected chi connectivity index (χ4v) is 1.94. The van der Waals surface area contributed by atoms with Crippen LogP contribution in [0.1, 0.15) is 6.92 Å². The van der Waals surface area contributed by atoms with Crippen LogP contribution in [0.25, 0.3) is 0 Å². The van der Waals surface area contributed by atoms with E-state index in [9.17, 15) is 0 Å². The Morgan fingerprint density at radius 3 is 2.62 bits per heavy atom. The number of hydrazone groups is 1. The highest BCUT2D eigenvalue weighted by Crippen LogP contribution is 2.19. The molecule has 0 radical (unpaired) electrons. The average Bonchev–Trinajstić information content (AvgIpc) is 2.18. The summed E-state index contributed by atoms with van der Waals surface area (Å²) < 4.78 is 0. The molecule has 0 aromatic heterocycles. The van der Waals surface area contributed by atoms with E-state index >= 15 is 0 Å². The van der Waals surface area contributed by atoms with Gasteiger partial charge in [0.05, 0.1) is 10.7 Å². The summed E-state index contributed by atoms with van der Waals surface area (Å²) in [5, 5.41) is 7.84. The predicted molar refractivity (Wildman–Crippen MR) is 62.8 cm³/mol. The van der Waals surface area contributed by atoms with Crippen molar-refractivity contribution in [3.8, 4) is 0 Å². The maximum atomic E-state index is 5.22. The Morgan fingerprint density at radius 2 is 2.08 bits per heavy atom. The molecule has 5 heteroatoms. The van der Waals surface area contributed by atoms with Gasteiger partial charge in [0.25, 0.3) is 0 Å². The van der Waals surface area contributed by atoms with Gasteiger partial charge in [-0.15, -0.1) is 11.8 Å². The summed E-state index contributed by atoms with van der Waals surface area (Å²) in [4.78, 5) is 1.96. The molecule has 0 spiro atoms. The average molecular weight is 215 g/mol. The molecular formula is C8H13N3S2. The molecule has 1 aliphatic rings. The van der Waals surface area contributed by atoms with E-state index in [-0.39, 0.29) is 0 Å². The molecule has 0 saturated carbocycles. The molecule has 0 amide bonds. The van der Waals surface area contributed by atoms with Gasteiger partial charge in [-0.3, -0.25) is 0 Å². The van der Waals surface area contributed by atoms with Crippen LogP contribution in [0.4, 0.5) is 0 Å². The zero-order valence-corrected chi connectivity index (χ0v) is 9.87. The van der Waals surface area contributed by atoms with E-state index < -0.39 is 0 Å². The van der Waals surface area contributed by atoms with Crippen LogP contribution in [0.3, 0.4) is 0 Å². The van der Waals surface area contributed by atoms with Gasteiger partial charge in [-0.2, -0.15) is 5.10 Å². The van der Waals surface area contributed by atoms with Crippen LogP contribution >= 0.6 is 24.0 Å². The fraction of sp³-hybridized carbons (Fsp3) is 0.500. The molecule has 0 aromatic rings. The van der Waals surface area contributed by atoms with Crippen LogP contribution in [0.5, 0.6) is 0 Å². The summed E-state index contributed by atoms with van der Waals surface area (Å²) in [5.74, 6) is 0. The molecule has 3 nitrogen and oxygen atoms in total. The van der Waals surface area contributed by atoms with Crippen LogP contribution in [0, 0.1) is 0 Å². The summed E-state index contributed by atoms with van der Waals surface area (Å²) in [6.07, 6.45) is 4.06. The van der Waals surface area contributed by atoms with E-state index in [1.165, 1.54) is 0 Å². The van der Waals surface area contributed by atoms with Crippen molar-refractivity contribution in [3.05, 3.63) is 11.1 Å². The van der Waals surface area contributed by atoms with E-state index in [4.69, 9.17) is 12.2 Å². The lowest BCUT2D eigenvalue weighted by molar-refractivity contribution is 0.481. The Hall–Kier alpha value is -0.550. The number of hydrogen-bond acceptors (Lipinski definition) is 3.